The molecule has 180 valence electrons. The minimum atomic E-state index is -0.500. The summed E-state index contributed by atoms with van der Waals surface area (Å²) in [5, 5.41) is 5.13. The molecule has 2 aliphatic heterocycles. The van der Waals surface area contributed by atoms with Crippen LogP contribution in [0, 0.1) is 5.82 Å². The Kier molecular flexibility index (Phi) is 7.20. The molecule has 0 unspecified atom stereocenters. The maximum absolute atomic E-state index is 14.3. The summed E-state index contributed by atoms with van der Waals surface area (Å²) in [6.07, 6.45) is 5.13. The number of benzene rings is 1. The molecule has 1 amide bonds. The summed E-state index contributed by atoms with van der Waals surface area (Å²) in [4.78, 5) is 19.7. The number of allylic oxidation sites excluding steroid dienone is 1. The number of nitrogens with two attached hydrogens (primary N) is 1. The standard InChI is InChI=1S/C27H33FN4O2/c1-4-17(3)20-10-12-24-31-26(20)25(19(5-2)27(29)33)30-13-7-15-34-23-11-9-18(28)16-21(23)22-8-6-14-32(22)24/h5,9-12,16,22,30H,4,6-8,13-15H2,1-3H3,(H2,29,33)/b19-5+,20-17-,26-25-/t22-/m1/s1. The monoisotopic (exact) mass is 464 g/mol. The van der Waals surface area contributed by atoms with Crippen molar-refractivity contribution in [2.24, 2.45) is 5.73 Å². The third kappa shape index (κ3) is 4.65. The average molecular weight is 465 g/mol. The summed E-state index contributed by atoms with van der Waals surface area (Å²) >= 11 is 0. The van der Waals surface area contributed by atoms with Gasteiger partial charge in [0.2, 0.25) is 0 Å². The molecule has 1 atom stereocenters. The first-order valence-corrected chi connectivity index (χ1v) is 12.0. The summed E-state index contributed by atoms with van der Waals surface area (Å²) in [7, 11) is 0. The van der Waals surface area contributed by atoms with Gasteiger partial charge in [0.1, 0.15) is 17.4 Å². The number of aromatic nitrogens is 1. The molecule has 2 aliphatic rings. The summed E-state index contributed by atoms with van der Waals surface area (Å²) in [6.45, 7) is 7.83. The van der Waals surface area contributed by atoms with Crippen molar-refractivity contribution in [1.82, 2.24) is 10.3 Å². The molecular weight excluding hydrogens is 431 g/mol. The molecule has 1 aromatic heterocycles. The number of amides is 1. The summed E-state index contributed by atoms with van der Waals surface area (Å²) < 4.78 is 20.4. The van der Waals surface area contributed by atoms with Crippen LogP contribution in [0.1, 0.15) is 58.1 Å². The number of nitrogens with zero attached hydrogens (tertiary/aromatic N) is 2. The lowest BCUT2D eigenvalue weighted by Gasteiger charge is -2.27. The SMILES string of the molecule is C\C=C(C(N)=O)/C1=c2/nc(cc/c2=C(\C)CC)N2CCC[C@@H]2c2cc(F)ccc2OCCCN1. The van der Waals surface area contributed by atoms with Gasteiger partial charge in [-0.25, -0.2) is 9.37 Å². The van der Waals surface area contributed by atoms with Gasteiger partial charge in [0.05, 0.1) is 29.3 Å². The lowest BCUT2D eigenvalue weighted by atomic mass is 10.0. The highest BCUT2D eigenvalue weighted by Gasteiger charge is 2.30. The van der Waals surface area contributed by atoms with Crippen LogP contribution in [0.3, 0.4) is 0 Å². The molecule has 0 spiro atoms. The Morgan fingerprint density at radius 2 is 2.15 bits per heavy atom. The smallest absolute Gasteiger partial charge is 0.250 e. The molecule has 3 heterocycles. The highest BCUT2D eigenvalue weighted by atomic mass is 19.1. The molecule has 0 aliphatic carbocycles. The number of fused-ring (bicyclic) bond motifs is 6. The average Bonchev–Trinajstić information content (AvgIpc) is 3.32. The third-order valence-corrected chi connectivity index (χ3v) is 6.69. The van der Waals surface area contributed by atoms with Gasteiger partial charge in [0.15, 0.2) is 0 Å². The first-order chi connectivity index (χ1) is 16.4. The molecule has 1 fully saturated rings. The molecule has 0 saturated carbocycles. The second-order valence-electron chi connectivity index (χ2n) is 8.80. The van der Waals surface area contributed by atoms with Crippen molar-refractivity contribution in [2.45, 2.75) is 52.5 Å². The van der Waals surface area contributed by atoms with Gasteiger partial charge in [0, 0.05) is 23.9 Å². The normalized spacial score (nSPS) is 21.1. The lowest BCUT2D eigenvalue weighted by Crippen LogP contribution is -2.40. The van der Waals surface area contributed by atoms with E-state index in [2.05, 4.69) is 30.1 Å². The van der Waals surface area contributed by atoms with Crippen molar-refractivity contribution in [3.63, 3.8) is 0 Å². The van der Waals surface area contributed by atoms with Gasteiger partial charge >= 0.3 is 0 Å². The van der Waals surface area contributed by atoms with Crippen molar-refractivity contribution in [3.8, 4) is 5.75 Å². The van der Waals surface area contributed by atoms with Gasteiger partial charge in [-0.2, -0.15) is 0 Å². The first kappa shape index (κ1) is 23.8. The van der Waals surface area contributed by atoms with Crippen LogP contribution in [0.15, 0.2) is 42.0 Å². The number of carbonyl (C=O) groups excluding carboxylic acids is 1. The Morgan fingerprint density at radius 3 is 2.88 bits per heavy atom. The van der Waals surface area contributed by atoms with E-state index in [4.69, 9.17) is 15.5 Å². The molecular formula is C27H33FN4O2. The molecule has 34 heavy (non-hydrogen) atoms. The van der Waals surface area contributed by atoms with Gasteiger partial charge in [-0.05, 0) is 69.9 Å². The number of hydrogen-bond donors (Lipinski definition) is 2. The Morgan fingerprint density at radius 1 is 1.32 bits per heavy atom. The fraction of sp³-hybridized carbons (Fsp3) is 0.407. The molecule has 7 heteroatoms. The van der Waals surface area contributed by atoms with E-state index in [9.17, 15) is 9.18 Å². The molecule has 1 saturated heterocycles. The zero-order valence-corrected chi connectivity index (χ0v) is 20.2. The minimum Gasteiger partial charge on any atom is -0.493 e. The second kappa shape index (κ2) is 10.3. The number of rotatable bonds is 3. The molecule has 1 aromatic carbocycles. The van der Waals surface area contributed by atoms with Crippen LogP contribution in [-0.4, -0.2) is 30.6 Å². The van der Waals surface area contributed by atoms with Gasteiger partial charge in [-0.3, -0.25) is 4.79 Å². The van der Waals surface area contributed by atoms with Gasteiger partial charge in [-0.1, -0.05) is 18.6 Å². The molecule has 2 aromatic rings. The van der Waals surface area contributed by atoms with Crippen LogP contribution in [0.2, 0.25) is 0 Å². The maximum atomic E-state index is 14.3. The Labute approximate surface area is 200 Å². The van der Waals surface area contributed by atoms with E-state index in [1.54, 1.807) is 25.1 Å². The molecule has 2 bridgehead atoms. The van der Waals surface area contributed by atoms with Crippen molar-refractivity contribution in [3.05, 3.63) is 63.9 Å². The van der Waals surface area contributed by atoms with Crippen LogP contribution < -0.4 is 31.3 Å². The number of pyridine rings is 1. The summed E-state index contributed by atoms with van der Waals surface area (Å²) in [5.41, 5.74) is 8.84. The number of hydrogen-bond acceptors (Lipinski definition) is 5. The number of halogens is 1. The Balaban J connectivity index is 2.00. The largest absolute Gasteiger partial charge is 0.493 e. The van der Waals surface area contributed by atoms with E-state index in [0.29, 0.717) is 41.9 Å². The fourth-order valence-electron chi connectivity index (χ4n) is 4.79. The zero-order chi connectivity index (χ0) is 24.2. The summed E-state index contributed by atoms with van der Waals surface area (Å²) in [5.74, 6) is 0.728. The molecule has 6 nitrogen and oxygen atoms in total. The quantitative estimate of drug-likeness (QED) is 0.683. The van der Waals surface area contributed by atoms with Crippen LogP contribution in [0.4, 0.5) is 10.2 Å². The van der Waals surface area contributed by atoms with E-state index in [0.717, 1.165) is 42.4 Å². The highest BCUT2D eigenvalue weighted by molar-refractivity contribution is 6.03. The van der Waals surface area contributed by atoms with Crippen molar-refractivity contribution in [1.29, 1.82) is 0 Å². The van der Waals surface area contributed by atoms with Gasteiger partial charge in [0.25, 0.3) is 5.91 Å². The van der Waals surface area contributed by atoms with E-state index >= 15 is 0 Å². The predicted molar refractivity (Wildman–Crippen MR) is 133 cm³/mol. The topological polar surface area (TPSA) is 80.5 Å². The van der Waals surface area contributed by atoms with Gasteiger partial charge < -0.3 is 20.7 Å². The van der Waals surface area contributed by atoms with Crippen molar-refractivity contribution < 1.29 is 13.9 Å². The third-order valence-electron chi connectivity index (χ3n) is 6.69. The Hall–Kier alpha value is -3.35. The number of anilines is 1. The van der Waals surface area contributed by atoms with Gasteiger partial charge in [-0.15, -0.1) is 0 Å². The highest BCUT2D eigenvalue weighted by Crippen LogP contribution is 2.39. The number of primary amides is 1. The predicted octanol–water partition coefficient (Wildman–Crippen LogP) is 3.05. The first-order valence-electron chi connectivity index (χ1n) is 12.0. The Bertz CT molecular complexity index is 1240. The second-order valence-corrected chi connectivity index (χ2v) is 8.80. The number of nitrogens with one attached hydrogen (secondary N) is 1. The molecule has 3 N–H and O–H groups in total. The summed E-state index contributed by atoms with van der Waals surface area (Å²) in [6, 6.07) is 8.81. The van der Waals surface area contributed by atoms with E-state index in [1.165, 1.54) is 11.6 Å². The molecule has 4 rings (SSSR count). The van der Waals surface area contributed by atoms with Crippen molar-refractivity contribution in [2.75, 3.05) is 24.6 Å². The minimum absolute atomic E-state index is 0.0392. The van der Waals surface area contributed by atoms with E-state index in [-0.39, 0.29) is 11.9 Å². The van der Waals surface area contributed by atoms with Crippen LogP contribution in [-0.2, 0) is 4.79 Å². The number of ether oxygens (including phenoxy) is 1. The van der Waals surface area contributed by atoms with Crippen LogP contribution in [0.25, 0.3) is 11.3 Å². The number of carbonyl (C=O) groups is 1. The van der Waals surface area contributed by atoms with Crippen molar-refractivity contribution >= 4 is 23.0 Å². The van der Waals surface area contributed by atoms with E-state index in [1.807, 2.05) is 6.07 Å². The fourth-order valence-corrected chi connectivity index (χ4v) is 4.79. The maximum Gasteiger partial charge on any atom is 0.250 e. The lowest BCUT2D eigenvalue weighted by molar-refractivity contribution is -0.114. The van der Waals surface area contributed by atoms with Crippen LogP contribution >= 0.6 is 0 Å². The zero-order valence-electron chi connectivity index (χ0n) is 20.2. The van der Waals surface area contributed by atoms with E-state index < -0.39 is 5.91 Å². The van der Waals surface area contributed by atoms with Crippen LogP contribution in [0.5, 0.6) is 5.75 Å². The molecule has 0 radical (unpaired) electrons.